The maximum Gasteiger partial charge on any atom is 0.243 e. The van der Waals surface area contributed by atoms with Crippen molar-refractivity contribution in [2.75, 3.05) is 25.5 Å². The summed E-state index contributed by atoms with van der Waals surface area (Å²) in [7, 11) is -1.96. The number of ether oxygens (including phenoxy) is 1. The zero-order valence-corrected chi connectivity index (χ0v) is 17.2. The van der Waals surface area contributed by atoms with Gasteiger partial charge in [0, 0.05) is 13.1 Å². The number of nitrogens with zero attached hydrogens (tertiary/aromatic N) is 2. The maximum atomic E-state index is 12.8. The van der Waals surface area contributed by atoms with Crippen LogP contribution in [-0.4, -0.2) is 37.9 Å². The number of hydrogen-bond donors (Lipinski definition) is 1. The van der Waals surface area contributed by atoms with Crippen LogP contribution in [0.5, 0.6) is 5.75 Å². The number of thiazole rings is 1. The normalized spacial score (nSPS) is 11.9. The quantitative estimate of drug-likeness (QED) is 0.614. The number of fused-ring (bicyclic) bond motifs is 1. The summed E-state index contributed by atoms with van der Waals surface area (Å²) in [5, 5.41) is 4.20. The first kappa shape index (κ1) is 19.6. The van der Waals surface area contributed by atoms with Crippen LogP contribution in [-0.2, 0) is 16.6 Å². The molecule has 8 heteroatoms. The predicted molar refractivity (Wildman–Crippen MR) is 110 cm³/mol. The molecule has 0 radical (unpaired) electrons. The molecule has 0 spiro atoms. The van der Waals surface area contributed by atoms with Crippen LogP contribution in [0.4, 0.5) is 5.69 Å². The van der Waals surface area contributed by atoms with Gasteiger partial charge in [-0.2, -0.15) is 4.31 Å². The molecule has 0 aliphatic carbocycles. The Morgan fingerprint density at radius 1 is 1.15 bits per heavy atom. The topological polar surface area (TPSA) is 71.5 Å². The predicted octanol–water partition coefficient (Wildman–Crippen LogP) is 3.95. The summed E-state index contributed by atoms with van der Waals surface area (Å²) in [6.07, 6.45) is 0. The van der Waals surface area contributed by atoms with Crippen LogP contribution in [0, 0.1) is 0 Å². The highest BCUT2D eigenvalue weighted by molar-refractivity contribution is 7.89. The summed E-state index contributed by atoms with van der Waals surface area (Å²) in [5.41, 5.74) is 1.59. The first-order valence-electron chi connectivity index (χ1n) is 8.76. The van der Waals surface area contributed by atoms with Gasteiger partial charge in [-0.3, -0.25) is 0 Å². The Balaban J connectivity index is 1.87. The number of hydrogen-bond acceptors (Lipinski definition) is 6. The second-order valence-corrected chi connectivity index (χ2v) is 8.93. The highest BCUT2D eigenvalue weighted by Gasteiger charge is 2.22. The molecular weight excluding hydrogens is 382 g/mol. The van der Waals surface area contributed by atoms with Crippen molar-refractivity contribution >= 4 is 37.3 Å². The Labute approximate surface area is 163 Å². The van der Waals surface area contributed by atoms with E-state index in [2.05, 4.69) is 10.3 Å². The number of nitrogens with one attached hydrogen (secondary N) is 1. The van der Waals surface area contributed by atoms with E-state index < -0.39 is 10.0 Å². The molecule has 144 valence electrons. The highest BCUT2D eigenvalue weighted by atomic mass is 32.2. The summed E-state index contributed by atoms with van der Waals surface area (Å²) >= 11 is 1.61. The van der Waals surface area contributed by atoms with E-state index in [1.165, 1.54) is 4.31 Å². The third-order valence-electron chi connectivity index (χ3n) is 4.28. The number of anilines is 1. The number of methoxy groups -OCH3 is 1. The molecule has 1 N–H and O–H groups in total. The van der Waals surface area contributed by atoms with Gasteiger partial charge in [0.05, 0.1) is 34.5 Å². The van der Waals surface area contributed by atoms with Crippen molar-refractivity contribution in [1.29, 1.82) is 0 Å². The first-order valence-corrected chi connectivity index (χ1v) is 11.0. The molecule has 6 nitrogen and oxygen atoms in total. The van der Waals surface area contributed by atoms with E-state index in [0.29, 0.717) is 31.1 Å². The molecule has 0 atom stereocenters. The highest BCUT2D eigenvalue weighted by Crippen LogP contribution is 2.30. The largest absolute Gasteiger partial charge is 0.495 e. The Morgan fingerprint density at radius 3 is 2.56 bits per heavy atom. The number of rotatable bonds is 8. The zero-order chi connectivity index (χ0) is 19.4. The molecule has 1 aromatic heterocycles. The lowest BCUT2D eigenvalue weighted by molar-refractivity contribution is 0.415. The summed E-state index contributed by atoms with van der Waals surface area (Å²) in [4.78, 5) is 4.85. The molecule has 1 heterocycles. The van der Waals surface area contributed by atoms with Crippen LogP contribution in [0.3, 0.4) is 0 Å². The van der Waals surface area contributed by atoms with Crippen molar-refractivity contribution < 1.29 is 13.2 Å². The third-order valence-corrected chi connectivity index (χ3v) is 7.36. The molecule has 0 saturated heterocycles. The van der Waals surface area contributed by atoms with Crippen LogP contribution in [0.15, 0.2) is 47.4 Å². The maximum absolute atomic E-state index is 12.8. The molecule has 3 aromatic rings. The molecule has 0 saturated carbocycles. The molecule has 0 bridgehead atoms. The van der Waals surface area contributed by atoms with E-state index in [1.807, 2.05) is 38.1 Å². The van der Waals surface area contributed by atoms with Crippen LogP contribution < -0.4 is 10.1 Å². The molecule has 27 heavy (non-hydrogen) atoms. The summed E-state index contributed by atoms with van der Waals surface area (Å²) in [5.74, 6) is 0.592. The lowest BCUT2D eigenvalue weighted by Crippen LogP contribution is -2.30. The van der Waals surface area contributed by atoms with Crippen molar-refractivity contribution in [3.05, 3.63) is 47.5 Å². The van der Waals surface area contributed by atoms with Gasteiger partial charge in [0.15, 0.2) is 0 Å². The fraction of sp³-hybridized carbons (Fsp3) is 0.316. The van der Waals surface area contributed by atoms with Gasteiger partial charge in [-0.25, -0.2) is 13.4 Å². The number of benzene rings is 2. The average molecular weight is 406 g/mol. The standard InChI is InChI=1S/C19H23N3O3S2/c1-4-22(5-2)27(23,24)14-10-11-17(25-3)16(12-14)20-13-19-21-15-8-6-7-9-18(15)26-19/h6-12,20H,4-5,13H2,1-3H3. The molecule has 0 aliphatic heterocycles. The first-order chi connectivity index (χ1) is 13.0. The van der Waals surface area contributed by atoms with E-state index in [0.717, 1.165) is 15.2 Å². The van der Waals surface area contributed by atoms with Crippen LogP contribution >= 0.6 is 11.3 Å². The molecular formula is C19H23N3O3S2. The second kappa shape index (κ2) is 8.24. The van der Waals surface area contributed by atoms with Crippen molar-refractivity contribution in [3.63, 3.8) is 0 Å². The van der Waals surface area contributed by atoms with Crippen LogP contribution in [0.2, 0.25) is 0 Å². The van der Waals surface area contributed by atoms with E-state index >= 15 is 0 Å². The van der Waals surface area contributed by atoms with E-state index in [-0.39, 0.29) is 4.90 Å². The van der Waals surface area contributed by atoms with Gasteiger partial charge in [-0.15, -0.1) is 11.3 Å². The summed E-state index contributed by atoms with van der Waals surface area (Å²) in [6, 6.07) is 12.8. The van der Waals surface area contributed by atoms with Gasteiger partial charge < -0.3 is 10.1 Å². The average Bonchev–Trinajstić information content (AvgIpc) is 3.09. The minimum absolute atomic E-state index is 0.249. The number of para-hydroxylation sites is 1. The summed E-state index contributed by atoms with van der Waals surface area (Å²) < 4.78 is 33.5. The second-order valence-electron chi connectivity index (χ2n) is 5.88. The van der Waals surface area contributed by atoms with Crippen molar-refractivity contribution in [2.45, 2.75) is 25.3 Å². The molecule has 0 amide bonds. The fourth-order valence-corrected chi connectivity index (χ4v) is 5.26. The molecule has 3 rings (SSSR count). The van der Waals surface area contributed by atoms with Gasteiger partial charge in [-0.05, 0) is 30.3 Å². The van der Waals surface area contributed by atoms with Crippen molar-refractivity contribution in [3.8, 4) is 5.75 Å². The Hall–Kier alpha value is -2.16. The Morgan fingerprint density at radius 2 is 1.89 bits per heavy atom. The molecule has 0 aliphatic rings. The zero-order valence-electron chi connectivity index (χ0n) is 15.6. The number of sulfonamides is 1. The Kier molecular flexibility index (Phi) is 5.98. The van der Waals surface area contributed by atoms with Gasteiger partial charge in [0.25, 0.3) is 0 Å². The van der Waals surface area contributed by atoms with E-state index in [4.69, 9.17) is 4.74 Å². The lowest BCUT2D eigenvalue weighted by Gasteiger charge is -2.19. The van der Waals surface area contributed by atoms with Gasteiger partial charge >= 0.3 is 0 Å². The van der Waals surface area contributed by atoms with Crippen LogP contribution in [0.1, 0.15) is 18.9 Å². The minimum Gasteiger partial charge on any atom is -0.495 e. The molecule has 0 fully saturated rings. The van der Waals surface area contributed by atoms with Crippen LogP contribution in [0.25, 0.3) is 10.2 Å². The van der Waals surface area contributed by atoms with E-state index in [1.54, 1.807) is 36.6 Å². The number of aromatic nitrogens is 1. The monoisotopic (exact) mass is 405 g/mol. The lowest BCUT2D eigenvalue weighted by atomic mass is 10.3. The summed E-state index contributed by atoms with van der Waals surface area (Å²) in [6.45, 7) is 5.01. The van der Waals surface area contributed by atoms with Gasteiger partial charge in [0.1, 0.15) is 10.8 Å². The van der Waals surface area contributed by atoms with Gasteiger partial charge in [-0.1, -0.05) is 26.0 Å². The van der Waals surface area contributed by atoms with Gasteiger partial charge in [0.2, 0.25) is 10.0 Å². The molecule has 2 aromatic carbocycles. The smallest absolute Gasteiger partial charge is 0.243 e. The SMILES string of the molecule is CCN(CC)S(=O)(=O)c1ccc(OC)c(NCc2nc3ccccc3s2)c1. The molecule has 0 unspecified atom stereocenters. The fourth-order valence-electron chi connectivity index (χ4n) is 2.86. The van der Waals surface area contributed by atoms with Crippen molar-refractivity contribution in [1.82, 2.24) is 9.29 Å². The third kappa shape index (κ3) is 4.07. The minimum atomic E-state index is -3.53. The van der Waals surface area contributed by atoms with E-state index in [9.17, 15) is 8.42 Å². The van der Waals surface area contributed by atoms with Crippen molar-refractivity contribution in [2.24, 2.45) is 0 Å². The Bertz CT molecular complexity index is 995.